The van der Waals surface area contributed by atoms with Gasteiger partial charge in [0.1, 0.15) is 15.5 Å². The van der Waals surface area contributed by atoms with Crippen molar-refractivity contribution in [2.45, 2.75) is 40.2 Å². The summed E-state index contributed by atoms with van der Waals surface area (Å²) in [5.74, 6) is -0.701. The van der Waals surface area contributed by atoms with Crippen LogP contribution in [0.2, 0.25) is 0 Å². The summed E-state index contributed by atoms with van der Waals surface area (Å²) in [7, 11) is 0. The van der Waals surface area contributed by atoms with E-state index in [2.05, 4.69) is 39.3 Å². The van der Waals surface area contributed by atoms with Crippen molar-refractivity contribution in [1.29, 1.82) is 0 Å². The van der Waals surface area contributed by atoms with Gasteiger partial charge in [0.05, 0.1) is 11.1 Å². The molecule has 33 heavy (non-hydrogen) atoms. The van der Waals surface area contributed by atoms with Crippen molar-refractivity contribution in [3.05, 3.63) is 61.8 Å². The first-order valence-corrected chi connectivity index (χ1v) is 12.0. The number of carbonyl (C=O) groups excluding carboxylic acids is 2. The number of thiophene rings is 1. The summed E-state index contributed by atoms with van der Waals surface area (Å²) in [6.07, 6.45) is -0.0885. The Morgan fingerprint density at radius 1 is 1.18 bits per heavy atom. The van der Waals surface area contributed by atoms with Gasteiger partial charge in [0, 0.05) is 10.9 Å². The van der Waals surface area contributed by atoms with Crippen LogP contribution >= 0.6 is 22.7 Å². The van der Waals surface area contributed by atoms with Crippen molar-refractivity contribution in [2.75, 3.05) is 5.32 Å². The van der Waals surface area contributed by atoms with Crippen LogP contribution < -0.4 is 10.9 Å². The van der Waals surface area contributed by atoms with E-state index in [4.69, 9.17) is 4.74 Å². The Balaban J connectivity index is 1.44. The number of anilines is 1. The molecule has 4 aromatic rings. The molecule has 0 saturated carbocycles. The van der Waals surface area contributed by atoms with Crippen LogP contribution in [0.15, 0.2) is 34.4 Å². The molecule has 0 bridgehead atoms. The molecule has 8 nitrogen and oxygen atoms in total. The number of aryl methyl sites for hydroxylation is 3. The maximum absolute atomic E-state index is 12.7. The average molecular weight is 483 g/mol. The average Bonchev–Trinajstić information content (AvgIpc) is 3.38. The second-order valence-electron chi connectivity index (χ2n) is 7.51. The minimum atomic E-state index is -1.05. The molecule has 3 aromatic heterocycles. The minimum Gasteiger partial charge on any atom is -0.448 e. The molecule has 0 aliphatic carbocycles. The van der Waals surface area contributed by atoms with Crippen LogP contribution in [0.25, 0.3) is 21.5 Å². The summed E-state index contributed by atoms with van der Waals surface area (Å²) >= 11 is 2.37. The zero-order valence-electron chi connectivity index (χ0n) is 18.5. The molecule has 170 valence electrons. The van der Waals surface area contributed by atoms with Crippen LogP contribution in [-0.4, -0.2) is 32.9 Å². The van der Waals surface area contributed by atoms with E-state index in [0.717, 1.165) is 29.0 Å². The van der Waals surface area contributed by atoms with E-state index in [0.29, 0.717) is 26.7 Å². The molecule has 0 aliphatic heterocycles. The van der Waals surface area contributed by atoms with Crippen LogP contribution in [0.1, 0.15) is 40.5 Å². The Morgan fingerprint density at radius 2 is 1.91 bits per heavy atom. The lowest BCUT2D eigenvalue weighted by atomic mass is 10.1. The van der Waals surface area contributed by atoms with E-state index < -0.39 is 18.0 Å². The van der Waals surface area contributed by atoms with Crippen molar-refractivity contribution in [3.63, 3.8) is 0 Å². The fraction of sp³-hybridized carbons (Fsp3) is 0.261. The molecular formula is C23H22N4O4S2. The lowest BCUT2D eigenvalue weighted by Gasteiger charge is -2.12. The van der Waals surface area contributed by atoms with Gasteiger partial charge in [0.25, 0.3) is 11.5 Å². The van der Waals surface area contributed by atoms with Gasteiger partial charge < -0.3 is 9.72 Å². The SMILES string of the molecule is CCc1ccc(-c2csc(NC(=O)C(C)OC(=O)c3sc4nc(C)[nH]c(=O)c4c3C)n2)cc1. The molecule has 0 saturated heterocycles. The molecule has 0 spiro atoms. The first kappa shape index (κ1) is 22.8. The van der Waals surface area contributed by atoms with E-state index in [1.54, 1.807) is 13.8 Å². The van der Waals surface area contributed by atoms with E-state index in [1.807, 2.05) is 17.5 Å². The van der Waals surface area contributed by atoms with Gasteiger partial charge in [0.2, 0.25) is 0 Å². The molecule has 1 atom stereocenters. The second kappa shape index (κ2) is 9.24. The highest BCUT2D eigenvalue weighted by Gasteiger charge is 2.25. The van der Waals surface area contributed by atoms with Crippen LogP contribution in [0.5, 0.6) is 0 Å². The molecule has 3 heterocycles. The normalized spacial score (nSPS) is 12.0. The highest BCUT2D eigenvalue weighted by molar-refractivity contribution is 7.20. The number of hydrogen-bond acceptors (Lipinski definition) is 8. The smallest absolute Gasteiger partial charge is 0.349 e. The van der Waals surface area contributed by atoms with Crippen LogP contribution in [0.3, 0.4) is 0 Å². The number of aromatic nitrogens is 3. The quantitative estimate of drug-likeness (QED) is 0.392. The van der Waals surface area contributed by atoms with Crippen molar-refractivity contribution in [2.24, 2.45) is 0 Å². The number of thiazole rings is 1. The van der Waals surface area contributed by atoms with Crippen molar-refractivity contribution in [3.8, 4) is 11.3 Å². The van der Waals surface area contributed by atoms with Crippen molar-refractivity contribution >= 4 is 49.9 Å². The van der Waals surface area contributed by atoms with Crippen molar-refractivity contribution in [1.82, 2.24) is 15.0 Å². The third-order valence-electron chi connectivity index (χ3n) is 5.15. The van der Waals surface area contributed by atoms with Crippen molar-refractivity contribution < 1.29 is 14.3 Å². The highest BCUT2D eigenvalue weighted by Crippen LogP contribution is 2.28. The summed E-state index contributed by atoms with van der Waals surface area (Å²) in [5, 5.41) is 5.33. The molecular weight excluding hydrogens is 460 g/mol. The summed E-state index contributed by atoms with van der Waals surface area (Å²) < 4.78 is 5.36. The van der Waals surface area contributed by atoms with Crippen LogP contribution in [-0.2, 0) is 16.0 Å². The van der Waals surface area contributed by atoms with Gasteiger partial charge in [-0.05, 0) is 38.3 Å². The minimum absolute atomic E-state index is 0.250. The second-order valence-corrected chi connectivity index (χ2v) is 9.37. The number of hydrogen-bond donors (Lipinski definition) is 2. The number of nitrogens with one attached hydrogen (secondary N) is 2. The number of nitrogens with zero attached hydrogens (tertiary/aromatic N) is 2. The summed E-state index contributed by atoms with van der Waals surface area (Å²) in [6.45, 7) is 6.92. The fourth-order valence-corrected chi connectivity index (χ4v) is 5.13. The summed E-state index contributed by atoms with van der Waals surface area (Å²) in [4.78, 5) is 49.6. The Labute approximate surface area is 197 Å². The molecule has 10 heteroatoms. The number of rotatable bonds is 6. The van der Waals surface area contributed by atoms with E-state index in [1.165, 1.54) is 23.8 Å². The number of esters is 1. The molecule has 2 N–H and O–H groups in total. The Morgan fingerprint density at radius 3 is 2.61 bits per heavy atom. The molecule has 0 fully saturated rings. The topological polar surface area (TPSA) is 114 Å². The van der Waals surface area contributed by atoms with Crippen LogP contribution in [0.4, 0.5) is 5.13 Å². The first-order chi connectivity index (χ1) is 15.8. The molecule has 1 unspecified atom stereocenters. The summed E-state index contributed by atoms with van der Waals surface area (Å²) in [5.41, 5.74) is 3.14. The molecule has 4 rings (SSSR count). The standard InChI is InChI=1S/C23H22N4O4S2/c1-5-14-6-8-15(9-7-14)16-10-32-23(26-16)27-19(28)12(3)31-22(30)18-11(2)17-20(29)24-13(4)25-21(17)33-18/h6-10,12H,5H2,1-4H3,(H,24,25,29)(H,26,27,28). The lowest BCUT2D eigenvalue weighted by Crippen LogP contribution is -2.29. The molecule has 1 aromatic carbocycles. The number of benzene rings is 1. The third kappa shape index (κ3) is 4.71. The van der Waals surface area contributed by atoms with Gasteiger partial charge in [-0.1, -0.05) is 31.2 Å². The Kier molecular flexibility index (Phi) is 6.39. The maximum Gasteiger partial charge on any atom is 0.349 e. The first-order valence-electron chi connectivity index (χ1n) is 10.3. The van der Waals surface area contributed by atoms with Crippen LogP contribution in [0, 0.1) is 13.8 Å². The highest BCUT2D eigenvalue weighted by atomic mass is 32.1. The van der Waals surface area contributed by atoms with E-state index in [9.17, 15) is 14.4 Å². The van der Waals surface area contributed by atoms with Gasteiger partial charge in [-0.25, -0.2) is 14.8 Å². The lowest BCUT2D eigenvalue weighted by molar-refractivity contribution is -0.123. The number of carbonyl (C=O) groups is 2. The molecule has 1 amide bonds. The Bertz CT molecular complexity index is 1400. The fourth-order valence-electron chi connectivity index (χ4n) is 3.30. The van der Waals surface area contributed by atoms with Gasteiger partial charge >= 0.3 is 5.97 Å². The van der Waals surface area contributed by atoms with Gasteiger partial charge in [-0.2, -0.15) is 0 Å². The van der Waals surface area contributed by atoms with E-state index in [-0.39, 0.29) is 10.4 Å². The number of amides is 1. The Hall–Kier alpha value is -3.37. The number of aromatic amines is 1. The number of ether oxygens (including phenoxy) is 1. The summed E-state index contributed by atoms with van der Waals surface area (Å²) in [6, 6.07) is 8.10. The third-order valence-corrected chi connectivity index (χ3v) is 7.07. The largest absolute Gasteiger partial charge is 0.448 e. The molecule has 0 radical (unpaired) electrons. The van der Waals surface area contributed by atoms with Gasteiger partial charge in [-0.3, -0.25) is 14.9 Å². The number of fused-ring (bicyclic) bond motifs is 1. The zero-order chi connectivity index (χ0) is 23.7. The van der Waals surface area contributed by atoms with E-state index >= 15 is 0 Å². The predicted molar refractivity (Wildman–Crippen MR) is 130 cm³/mol. The maximum atomic E-state index is 12.7. The van der Waals surface area contributed by atoms with Gasteiger partial charge in [0.15, 0.2) is 11.2 Å². The number of H-pyrrole nitrogens is 1. The monoisotopic (exact) mass is 482 g/mol. The zero-order valence-corrected chi connectivity index (χ0v) is 20.1. The van der Waals surface area contributed by atoms with Gasteiger partial charge in [-0.15, -0.1) is 22.7 Å². The molecule has 0 aliphatic rings. The predicted octanol–water partition coefficient (Wildman–Crippen LogP) is 4.47.